The highest BCUT2D eigenvalue weighted by Crippen LogP contribution is 2.28. The molecule has 0 radical (unpaired) electrons. The van der Waals surface area contributed by atoms with Gasteiger partial charge in [-0.25, -0.2) is 0 Å². The van der Waals surface area contributed by atoms with Crippen molar-refractivity contribution in [2.45, 2.75) is 0 Å². The van der Waals surface area contributed by atoms with Gasteiger partial charge in [0.1, 0.15) is 11.6 Å². The van der Waals surface area contributed by atoms with Crippen molar-refractivity contribution in [1.29, 1.82) is 5.26 Å². The number of aromatic nitrogens is 3. The first-order valence-corrected chi connectivity index (χ1v) is 6.08. The highest BCUT2D eigenvalue weighted by atomic mass is 79.9. The van der Waals surface area contributed by atoms with E-state index in [9.17, 15) is 0 Å². The molecule has 0 saturated heterocycles. The zero-order chi connectivity index (χ0) is 12.5. The Kier molecular flexibility index (Phi) is 2.58. The van der Waals surface area contributed by atoms with Crippen LogP contribution in [0.4, 0.5) is 0 Å². The Morgan fingerprint density at radius 3 is 2.94 bits per heavy atom. The molecule has 2 aromatic heterocycles. The van der Waals surface area contributed by atoms with Gasteiger partial charge in [0.15, 0.2) is 5.69 Å². The van der Waals surface area contributed by atoms with Crippen molar-refractivity contribution in [1.82, 2.24) is 15.2 Å². The molecule has 1 N–H and O–H groups in total. The Balaban J connectivity index is 2.31. The fourth-order valence-corrected chi connectivity index (χ4v) is 2.29. The first-order chi connectivity index (χ1) is 8.79. The average molecular weight is 299 g/mol. The van der Waals surface area contributed by atoms with E-state index in [2.05, 4.69) is 31.1 Å². The van der Waals surface area contributed by atoms with Gasteiger partial charge in [-0.15, -0.1) is 0 Å². The van der Waals surface area contributed by atoms with E-state index < -0.39 is 0 Å². The van der Waals surface area contributed by atoms with E-state index in [4.69, 9.17) is 5.26 Å². The maximum Gasteiger partial charge on any atom is 0.188 e. The van der Waals surface area contributed by atoms with Crippen molar-refractivity contribution < 1.29 is 0 Å². The maximum atomic E-state index is 8.95. The Bertz CT molecular complexity index is 770. The van der Waals surface area contributed by atoms with Crippen molar-refractivity contribution in [2.24, 2.45) is 0 Å². The molecule has 0 fully saturated rings. The highest BCUT2D eigenvalue weighted by molar-refractivity contribution is 9.10. The second-order valence-corrected chi connectivity index (χ2v) is 4.69. The highest BCUT2D eigenvalue weighted by Gasteiger charge is 2.11. The van der Waals surface area contributed by atoms with Gasteiger partial charge in [0.05, 0.1) is 5.52 Å². The fourth-order valence-electron chi connectivity index (χ4n) is 1.89. The quantitative estimate of drug-likeness (QED) is 0.750. The van der Waals surface area contributed by atoms with Crippen LogP contribution in [0.2, 0.25) is 0 Å². The van der Waals surface area contributed by atoms with Crippen LogP contribution in [0.15, 0.2) is 41.0 Å². The average Bonchev–Trinajstić information content (AvgIpc) is 2.81. The van der Waals surface area contributed by atoms with Gasteiger partial charge < -0.3 is 0 Å². The molecule has 1 aromatic carbocycles. The molecule has 4 nitrogen and oxygen atoms in total. The fraction of sp³-hybridized carbons (Fsp3) is 0. The van der Waals surface area contributed by atoms with Crippen molar-refractivity contribution in [3.05, 3.63) is 46.7 Å². The summed E-state index contributed by atoms with van der Waals surface area (Å²) in [5, 5.41) is 15.8. The minimum Gasteiger partial charge on any atom is -0.274 e. The Morgan fingerprint density at radius 2 is 2.17 bits per heavy atom. The number of aromatic amines is 1. The van der Waals surface area contributed by atoms with Gasteiger partial charge in [0, 0.05) is 16.2 Å². The Labute approximate surface area is 111 Å². The number of nitriles is 1. The van der Waals surface area contributed by atoms with Gasteiger partial charge in [-0.1, -0.05) is 28.1 Å². The van der Waals surface area contributed by atoms with Crippen LogP contribution in [-0.2, 0) is 0 Å². The van der Waals surface area contributed by atoms with Crippen molar-refractivity contribution in [2.75, 3.05) is 0 Å². The molecule has 18 heavy (non-hydrogen) atoms. The summed E-state index contributed by atoms with van der Waals surface area (Å²) in [6.45, 7) is 0. The number of H-pyrrole nitrogens is 1. The van der Waals surface area contributed by atoms with Crippen LogP contribution in [0.25, 0.3) is 22.2 Å². The molecule has 0 aliphatic heterocycles. The topological polar surface area (TPSA) is 65.4 Å². The number of halogens is 1. The molecule has 0 saturated carbocycles. The van der Waals surface area contributed by atoms with Gasteiger partial charge in [-0.05, 0) is 23.8 Å². The lowest BCUT2D eigenvalue weighted by Gasteiger charge is -2.03. The zero-order valence-electron chi connectivity index (χ0n) is 9.18. The summed E-state index contributed by atoms with van der Waals surface area (Å²) in [6, 6.07) is 11.9. The number of nitrogens with zero attached hydrogens (tertiary/aromatic N) is 3. The number of rotatable bonds is 1. The standard InChI is InChI=1S/C13H7BrN4/c14-9-3-1-2-8(6-9)10-4-5-16-13-11(7-15)17-18-12(10)13/h1-6H,(H,17,18). The molecule has 0 bridgehead atoms. The molecular formula is C13H7BrN4. The summed E-state index contributed by atoms with van der Waals surface area (Å²) >= 11 is 3.45. The molecule has 3 rings (SSSR count). The Morgan fingerprint density at radius 1 is 1.28 bits per heavy atom. The molecule has 0 unspecified atom stereocenters. The van der Waals surface area contributed by atoms with Crippen LogP contribution in [0.3, 0.4) is 0 Å². The molecule has 0 aliphatic carbocycles. The lowest BCUT2D eigenvalue weighted by atomic mass is 10.1. The third-order valence-electron chi connectivity index (χ3n) is 2.70. The second kappa shape index (κ2) is 4.24. The van der Waals surface area contributed by atoms with E-state index in [1.54, 1.807) is 6.20 Å². The zero-order valence-corrected chi connectivity index (χ0v) is 10.8. The van der Waals surface area contributed by atoms with E-state index in [0.717, 1.165) is 21.1 Å². The van der Waals surface area contributed by atoms with Crippen LogP contribution < -0.4 is 0 Å². The largest absolute Gasteiger partial charge is 0.274 e. The summed E-state index contributed by atoms with van der Waals surface area (Å²) in [4.78, 5) is 4.19. The summed E-state index contributed by atoms with van der Waals surface area (Å²) in [7, 11) is 0. The van der Waals surface area contributed by atoms with E-state index in [-0.39, 0.29) is 0 Å². The molecule has 0 spiro atoms. The third-order valence-corrected chi connectivity index (χ3v) is 3.19. The normalized spacial score (nSPS) is 10.4. The monoisotopic (exact) mass is 298 g/mol. The number of nitrogens with one attached hydrogen (secondary N) is 1. The molecule has 86 valence electrons. The van der Waals surface area contributed by atoms with E-state index in [1.807, 2.05) is 36.4 Å². The number of hydrogen-bond acceptors (Lipinski definition) is 3. The van der Waals surface area contributed by atoms with Crippen LogP contribution >= 0.6 is 15.9 Å². The minimum atomic E-state index is 0.321. The molecule has 2 heterocycles. The Hall–Kier alpha value is -2.19. The summed E-state index contributed by atoms with van der Waals surface area (Å²) in [5.41, 5.74) is 3.74. The molecule has 0 atom stereocenters. The molecule has 5 heteroatoms. The summed E-state index contributed by atoms with van der Waals surface area (Å²) < 4.78 is 1.00. The third kappa shape index (κ3) is 1.67. The minimum absolute atomic E-state index is 0.321. The van der Waals surface area contributed by atoms with Crippen molar-refractivity contribution in [3.8, 4) is 17.2 Å². The lowest BCUT2D eigenvalue weighted by molar-refractivity contribution is 1.10. The van der Waals surface area contributed by atoms with Gasteiger partial charge >= 0.3 is 0 Å². The van der Waals surface area contributed by atoms with Gasteiger partial charge in [-0.3, -0.25) is 10.1 Å². The summed E-state index contributed by atoms with van der Waals surface area (Å²) in [6.07, 6.45) is 1.69. The van der Waals surface area contributed by atoms with Crippen LogP contribution in [0, 0.1) is 11.3 Å². The number of fused-ring (bicyclic) bond motifs is 1. The SMILES string of the molecule is N#Cc1n[nH]c2c(-c3cccc(Br)c3)ccnc12. The van der Waals surface area contributed by atoms with Crippen molar-refractivity contribution in [3.63, 3.8) is 0 Å². The summed E-state index contributed by atoms with van der Waals surface area (Å²) in [5.74, 6) is 0. The number of hydrogen-bond donors (Lipinski definition) is 1. The maximum absolute atomic E-state index is 8.95. The first kappa shape index (κ1) is 10.9. The van der Waals surface area contributed by atoms with Gasteiger partial charge in [-0.2, -0.15) is 10.4 Å². The number of benzene rings is 1. The second-order valence-electron chi connectivity index (χ2n) is 3.78. The molecule has 0 aliphatic rings. The predicted octanol–water partition coefficient (Wildman–Crippen LogP) is 3.26. The van der Waals surface area contributed by atoms with Gasteiger partial charge in [0.25, 0.3) is 0 Å². The van der Waals surface area contributed by atoms with Crippen LogP contribution in [-0.4, -0.2) is 15.2 Å². The lowest BCUT2D eigenvalue weighted by Crippen LogP contribution is -1.83. The predicted molar refractivity (Wildman–Crippen MR) is 71.7 cm³/mol. The van der Waals surface area contributed by atoms with E-state index >= 15 is 0 Å². The van der Waals surface area contributed by atoms with E-state index in [0.29, 0.717) is 11.2 Å². The molecule has 0 amide bonds. The van der Waals surface area contributed by atoms with Crippen LogP contribution in [0.5, 0.6) is 0 Å². The first-order valence-electron chi connectivity index (χ1n) is 5.28. The van der Waals surface area contributed by atoms with Crippen molar-refractivity contribution >= 4 is 27.0 Å². The molecule has 3 aromatic rings. The van der Waals surface area contributed by atoms with E-state index in [1.165, 1.54) is 0 Å². The van der Waals surface area contributed by atoms with Gasteiger partial charge in [0.2, 0.25) is 0 Å². The smallest absolute Gasteiger partial charge is 0.188 e. The van der Waals surface area contributed by atoms with Crippen LogP contribution in [0.1, 0.15) is 5.69 Å². The molecular weight excluding hydrogens is 292 g/mol. The number of pyridine rings is 1.